The van der Waals surface area contributed by atoms with Gasteiger partial charge in [-0.05, 0) is 12.3 Å². The second-order valence-corrected chi connectivity index (χ2v) is 8.31. The van der Waals surface area contributed by atoms with Crippen molar-refractivity contribution in [3.63, 3.8) is 0 Å². The van der Waals surface area contributed by atoms with E-state index in [1.165, 1.54) is 12.5 Å². The summed E-state index contributed by atoms with van der Waals surface area (Å²) in [5.41, 5.74) is 11.3. The molecule has 10 N–H and O–H groups in total. The molecule has 0 aliphatic heterocycles. The van der Waals surface area contributed by atoms with E-state index in [-0.39, 0.29) is 18.8 Å². The molecule has 4 amide bonds. The van der Waals surface area contributed by atoms with Crippen LogP contribution in [-0.4, -0.2) is 79.9 Å². The molecule has 0 fully saturated rings. The highest BCUT2D eigenvalue weighted by Crippen LogP contribution is 2.05. The summed E-state index contributed by atoms with van der Waals surface area (Å²) >= 11 is 0. The lowest BCUT2D eigenvalue weighted by atomic mass is 10.0. The fraction of sp³-hybridized carbons (Fsp3) is 0.550. The normalized spacial score (nSPS) is 14.3. The number of carboxylic acid groups (broad SMARTS) is 2. The van der Waals surface area contributed by atoms with E-state index in [1.807, 2.05) is 13.8 Å². The number of H-pyrrole nitrogens is 1. The number of hydrogen-bond acceptors (Lipinski definition) is 8. The zero-order valence-electron chi connectivity index (χ0n) is 19.3. The first-order chi connectivity index (χ1) is 16.3. The minimum atomic E-state index is -1.72. The van der Waals surface area contributed by atoms with Gasteiger partial charge >= 0.3 is 11.9 Å². The molecule has 1 aromatic rings. The molecule has 15 nitrogen and oxygen atoms in total. The molecular formula is C20H31N7O8. The summed E-state index contributed by atoms with van der Waals surface area (Å²) in [6.45, 7) is 3.65. The maximum absolute atomic E-state index is 12.8. The van der Waals surface area contributed by atoms with Crippen molar-refractivity contribution in [1.82, 2.24) is 25.9 Å². The van der Waals surface area contributed by atoms with Crippen LogP contribution in [0.2, 0.25) is 0 Å². The number of carboxylic acids is 2. The number of nitrogens with two attached hydrogens (primary N) is 2. The fourth-order valence-corrected chi connectivity index (χ4v) is 3.05. The van der Waals surface area contributed by atoms with E-state index in [2.05, 4.69) is 25.9 Å². The number of hydrogen-bond donors (Lipinski definition) is 8. The molecule has 0 saturated heterocycles. The molecule has 0 radical (unpaired) electrons. The van der Waals surface area contributed by atoms with Crippen molar-refractivity contribution in [2.24, 2.45) is 17.4 Å². The van der Waals surface area contributed by atoms with Crippen LogP contribution in [0.1, 0.15) is 38.8 Å². The topological polar surface area (TPSA) is 260 Å². The van der Waals surface area contributed by atoms with Crippen molar-refractivity contribution in [3.05, 3.63) is 18.2 Å². The van der Waals surface area contributed by atoms with Gasteiger partial charge in [-0.3, -0.25) is 24.0 Å². The van der Waals surface area contributed by atoms with Crippen molar-refractivity contribution in [3.8, 4) is 0 Å². The standard InChI is InChI=1S/C20H31N7O8/c1-9(2)3-11(21)17(31)25-12(5-15(22)28)18(32)26-13(6-16(29)30)19(33)27-14(20(34)35)4-10-7-23-8-24-10/h7-9,11-14H,3-6,21H2,1-2H3,(H2,22,28)(H,23,24)(H,25,31)(H,26,32)(H,27,33)(H,29,30)(H,34,35). The molecule has 35 heavy (non-hydrogen) atoms. The summed E-state index contributed by atoms with van der Waals surface area (Å²) in [4.78, 5) is 78.4. The van der Waals surface area contributed by atoms with Crippen LogP contribution < -0.4 is 27.4 Å². The Morgan fingerprint density at radius 2 is 1.49 bits per heavy atom. The Kier molecular flexibility index (Phi) is 11.3. The molecule has 1 rings (SSSR count). The van der Waals surface area contributed by atoms with E-state index >= 15 is 0 Å². The molecular weight excluding hydrogens is 466 g/mol. The van der Waals surface area contributed by atoms with Crippen molar-refractivity contribution >= 4 is 35.6 Å². The molecule has 0 aliphatic carbocycles. The van der Waals surface area contributed by atoms with Gasteiger partial charge in [0.1, 0.15) is 18.1 Å². The van der Waals surface area contributed by atoms with Crippen LogP contribution in [0.25, 0.3) is 0 Å². The second kappa shape index (κ2) is 13.6. The van der Waals surface area contributed by atoms with E-state index in [1.54, 1.807) is 0 Å². The van der Waals surface area contributed by atoms with Gasteiger partial charge in [-0.2, -0.15) is 0 Å². The Morgan fingerprint density at radius 1 is 0.943 bits per heavy atom. The average molecular weight is 498 g/mol. The van der Waals surface area contributed by atoms with Gasteiger partial charge in [-0.15, -0.1) is 0 Å². The Labute approximate surface area is 200 Å². The third kappa shape index (κ3) is 10.6. The number of aliphatic carboxylic acids is 2. The molecule has 4 atom stereocenters. The Balaban J connectivity index is 2.99. The minimum absolute atomic E-state index is 0.0618. The fourth-order valence-electron chi connectivity index (χ4n) is 3.05. The Hall–Kier alpha value is -4.01. The number of aromatic nitrogens is 2. The van der Waals surface area contributed by atoms with E-state index < -0.39 is 72.6 Å². The molecule has 0 spiro atoms. The van der Waals surface area contributed by atoms with Crippen LogP contribution >= 0.6 is 0 Å². The lowest BCUT2D eigenvalue weighted by Gasteiger charge is -2.24. The average Bonchev–Trinajstić information content (AvgIpc) is 3.24. The maximum Gasteiger partial charge on any atom is 0.326 e. The van der Waals surface area contributed by atoms with Crippen LogP contribution in [0.15, 0.2) is 12.5 Å². The molecule has 0 saturated carbocycles. The Bertz CT molecular complexity index is 919. The molecule has 0 bridgehead atoms. The Morgan fingerprint density at radius 3 is 1.94 bits per heavy atom. The van der Waals surface area contributed by atoms with E-state index in [9.17, 15) is 33.9 Å². The highest BCUT2D eigenvalue weighted by molar-refractivity contribution is 5.97. The van der Waals surface area contributed by atoms with Crippen LogP contribution in [0.3, 0.4) is 0 Å². The van der Waals surface area contributed by atoms with E-state index in [4.69, 9.17) is 16.6 Å². The maximum atomic E-state index is 12.8. The number of nitrogens with zero attached hydrogens (tertiary/aromatic N) is 1. The van der Waals surface area contributed by atoms with Crippen LogP contribution in [0.5, 0.6) is 0 Å². The predicted octanol–water partition coefficient (Wildman–Crippen LogP) is -2.79. The smallest absolute Gasteiger partial charge is 0.326 e. The third-order valence-corrected chi connectivity index (χ3v) is 4.71. The van der Waals surface area contributed by atoms with Gasteiger partial charge in [-0.1, -0.05) is 13.8 Å². The number of rotatable bonds is 15. The second-order valence-electron chi connectivity index (χ2n) is 8.31. The summed E-state index contributed by atoms with van der Waals surface area (Å²) in [6, 6.07) is -5.72. The van der Waals surface area contributed by atoms with Gasteiger partial charge < -0.3 is 42.6 Å². The lowest BCUT2D eigenvalue weighted by molar-refractivity contribution is -0.143. The predicted molar refractivity (Wildman–Crippen MR) is 119 cm³/mol. The van der Waals surface area contributed by atoms with Gasteiger partial charge in [0, 0.05) is 18.3 Å². The van der Waals surface area contributed by atoms with E-state index in [0.29, 0.717) is 5.69 Å². The molecule has 0 aromatic carbocycles. The van der Waals surface area contributed by atoms with Gasteiger partial charge in [0.25, 0.3) is 0 Å². The highest BCUT2D eigenvalue weighted by Gasteiger charge is 2.32. The minimum Gasteiger partial charge on any atom is -0.481 e. The number of primary amides is 1. The molecule has 15 heteroatoms. The summed E-state index contributed by atoms with van der Waals surface area (Å²) in [6.07, 6.45) is 1.20. The monoisotopic (exact) mass is 497 g/mol. The number of amides is 4. The largest absolute Gasteiger partial charge is 0.481 e. The number of aromatic amines is 1. The molecule has 1 heterocycles. The number of carbonyl (C=O) groups is 6. The van der Waals surface area contributed by atoms with Crippen LogP contribution in [0, 0.1) is 5.92 Å². The first-order valence-corrected chi connectivity index (χ1v) is 10.7. The first-order valence-electron chi connectivity index (χ1n) is 10.7. The van der Waals surface area contributed by atoms with Gasteiger partial charge in [0.15, 0.2) is 0 Å². The zero-order valence-corrected chi connectivity index (χ0v) is 19.3. The van der Waals surface area contributed by atoms with Crippen LogP contribution in [0.4, 0.5) is 0 Å². The summed E-state index contributed by atoms with van der Waals surface area (Å²) in [5.74, 6) is -6.69. The SMILES string of the molecule is CC(C)CC(N)C(=O)NC(CC(N)=O)C(=O)NC(CC(=O)O)C(=O)NC(Cc1cnc[nH]1)C(=O)O. The summed E-state index contributed by atoms with van der Waals surface area (Å²) in [7, 11) is 0. The quantitative estimate of drug-likeness (QED) is 0.123. The van der Waals surface area contributed by atoms with Crippen molar-refractivity contribution < 1.29 is 39.0 Å². The van der Waals surface area contributed by atoms with Gasteiger partial charge in [0.2, 0.25) is 23.6 Å². The van der Waals surface area contributed by atoms with E-state index in [0.717, 1.165) is 0 Å². The van der Waals surface area contributed by atoms with Gasteiger partial charge in [0.05, 0.1) is 25.2 Å². The number of imidazole rings is 1. The summed E-state index contributed by atoms with van der Waals surface area (Å²) in [5, 5.41) is 25.1. The first kappa shape index (κ1) is 29.0. The van der Waals surface area contributed by atoms with Crippen molar-refractivity contribution in [2.45, 2.75) is 63.7 Å². The lowest BCUT2D eigenvalue weighted by Crippen LogP contribution is -2.58. The number of carbonyl (C=O) groups excluding carboxylic acids is 4. The summed E-state index contributed by atoms with van der Waals surface area (Å²) < 4.78 is 0. The van der Waals surface area contributed by atoms with Crippen molar-refractivity contribution in [2.75, 3.05) is 0 Å². The number of nitrogens with one attached hydrogen (secondary N) is 4. The van der Waals surface area contributed by atoms with Gasteiger partial charge in [-0.25, -0.2) is 9.78 Å². The third-order valence-electron chi connectivity index (χ3n) is 4.71. The van der Waals surface area contributed by atoms with Crippen LogP contribution in [-0.2, 0) is 35.2 Å². The molecule has 0 aliphatic rings. The zero-order chi connectivity index (χ0) is 26.7. The molecule has 194 valence electrons. The van der Waals surface area contributed by atoms with Crippen molar-refractivity contribution in [1.29, 1.82) is 0 Å². The molecule has 1 aromatic heterocycles. The highest BCUT2D eigenvalue weighted by atomic mass is 16.4. The molecule has 4 unspecified atom stereocenters.